The van der Waals surface area contributed by atoms with Gasteiger partial charge in [-0.1, -0.05) is 27.5 Å². The Bertz CT molecular complexity index is 762. The van der Waals surface area contributed by atoms with Gasteiger partial charge in [0.2, 0.25) is 11.8 Å². The third kappa shape index (κ3) is 3.74. The van der Waals surface area contributed by atoms with E-state index >= 15 is 0 Å². The number of hydrogen-bond donors (Lipinski definition) is 1. The van der Waals surface area contributed by atoms with Crippen molar-refractivity contribution in [1.82, 2.24) is 0 Å². The van der Waals surface area contributed by atoms with Gasteiger partial charge in [0.1, 0.15) is 6.54 Å². The normalized spacial score (nSPS) is 13.7. The molecule has 0 aliphatic carbocycles. The fourth-order valence-electron chi connectivity index (χ4n) is 2.58. The van der Waals surface area contributed by atoms with Crippen molar-refractivity contribution in [2.75, 3.05) is 16.8 Å². The molecule has 1 N–H and O–H groups in total. The summed E-state index contributed by atoms with van der Waals surface area (Å²) in [6, 6.07) is 12.6. The predicted molar refractivity (Wildman–Crippen MR) is 94.9 cm³/mol. The number of halogens is 2. The molecule has 2 aromatic rings. The Labute approximate surface area is 147 Å². The van der Waals surface area contributed by atoms with E-state index in [0.717, 1.165) is 15.7 Å². The van der Waals surface area contributed by atoms with Crippen molar-refractivity contribution in [3.05, 3.63) is 57.5 Å². The molecular formula is C17H14BrClN2O2. The number of carbonyl (C=O) groups excluding carboxylic acids is 2. The zero-order valence-corrected chi connectivity index (χ0v) is 14.5. The van der Waals surface area contributed by atoms with Gasteiger partial charge in [-0.25, -0.2) is 0 Å². The summed E-state index contributed by atoms with van der Waals surface area (Å²) in [5, 5.41) is 3.38. The van der Waals surface area contributed by atoms with Crippen molar-refractivity contribution in [2.45, 2.75) is 12.8 Å². The van der Waals surface area contributed by atoms with Gasteiger partial charge >= 0.3 is 0 Å². The molecule has 3 rings (SSSR count). The molecule has 118 valence electrons. The zero-order valence-electron chi connectivity index (χ0n) is 12.2. The van der Waals surface area contributed by atoms with Gasteiger partial charge in [-0.2, -0.15) is 0 Å². The highest BCUT2D eigenvalue weighted by Gasteiger charge is 2.26. The maximum Gasteiger partial charge on any atom is 0.244 e. The van der Waals surface area contributed by atoms with Crippen molar-refractivity contribution < 1.29 is 9.59 Å². The van der Waals surface area contributed by atoms with Crippen molar-refractivity contribution in [2.24, 2.45) is 0 Å². The van der Waals surface area contributed by atoms with Gasteiger partial charge in [0.15, 0.2) is 0 Å². The van der Waals surface area contributed by atoms with E-state index in [2.05, 4.69) is 21.2 Å². The number of benzene rings is 2. The molecule has 1 aliphatic heterocycles. The number of hydrogen-bond acceptors (Lipinski definition) is 2. The van der Waals surface area contributed by atoms with E-state index in [9.17, 15) is 9.59 Å². The van der Waals surface area contributed by atoms with Gasteiger partial charge in [0.25, 0.3) is 0 Å². The quantitative estimate of drug-likeness (QED) is 0.856. The number of carbonyl (C=O) groups is 2. The first-order valence-corrected chi connectivity index (χ1v) is 8.34. The second kappa shape index (κ2) is 6.72. The number of aryl methyl sites for hydroxylation is 1. The van der Waals surface area contributed by atoms with Gasteiger partial charge in [0.05, 0.1) is 0 Å². The van der Waals surface area contributed by atoms with E-state index in [1.54, 1.807) is 24.3 Å². The molecule has 0 unspecified atom stereocenters. The summed E-state index contributed by atoms with van der Waals surface area (Å²) in [5.74, 6) is -0.275. The van der Waals surface area contributed by atoms with Gasteiger partial charge < -0.3 is 10.2 Å². The second-order valence-electron chi connectivity index (χ2n) is 5.31. The minimum Gasteiger partial charge on any atom is -0.325 e. The Kier molecular flexibility index (Phi) is 4.68. The van der Waals surface area contributed by atoms with Crippen LogP contribution in [0, 0.1) is 0 Å². The summed E-state index contributed by atoms with van der Waals surface area (Å²) in [6.45, 7) is -0.00388. The molecule has 0 saturated carbocycles. The molecule has 0 fully saturated rings. The number of nitrogens with one attached hydrogen (secondary N) is 1. The van der Waals surface area contributed by atoms with Crippen LogP contribution in [0.2, 0.25) is 5.02 Å². The summed E-state index contributed by atoms with van der Waals surface area (Å²) in [4.78, 5) is 26.0. The van der Waals surface area contributed by atoms with Crippen LogP contribution in [0.3, 0.4) is 0 Å². The zero-order chi connectivity index (χ0) is 16.4. The highest BCUT2D eigenvalue weighted by atomic mass is 79.9. The molecule has 2 aromatic carbocycles. The molecule has 6 heteroatoms. The van der Waals surface area contributed by atoms with Crippen LogP contribution in [0.1, 0.15) is 12.0 Å². The van der Waals surface area contributed by atoms with E-state index in [4.69, 9.17) is 11.6 Å². The highest BCUT2D eigenvalue weighted by Crippen LogP contribution is 2.30. The van der Waals surface area contributed by atoms with Crippen molar-refractivity contribution in [1.29, 1.82) is 0 Å². The van der Waals surface area contributed by atoms with Crippen LogP contribution >= 0.6 is 27.5 Å². The van der Waals surface area contributed by atoms with E-state index < -0.39 is 0 Å². The number of nitrogens with zero attached hydrogens (tertiary/aromatic N) is 1. The maximum absolute atomic E-state index is 12.2. The van der Waals surface area contributed by atoms with Crippen LogP contribution < -0.4 is 10.2 Å². The van der Waals surface area contributed by atoms with Gasteiger partial charge in [-0.15, -0.1) is 0 Å². The van der Waals surface area contributed by atoms with Crippen LogP contribution in [0.4, 0.5) is 11.4 Å². The van der Waals surface area contributed by atoms with Gasteiger partial charge in [0, 0.05) is 27.3 Å². The Morgan fingerprint density at radius 1 is 1.17 bits per heavy atom. The van der Waals surface area contributed by atoms with Crippen LogP contribution in [-0.4, -0.2) is 18.4 Å². The molecule has 23 heavy (non-hydrogen) atoms. The Hall–Kier alpha value is -1.85. The van der Waals surface area contributed by atoms with E-state index in [0.29, 0.717) is 23.6 Å². The molecule has 1 heterocycles. The molecule has 0 bridgehead atoms. The Balaban J connectivity index is 1.75. The van der Waals surface area contributed by atoms with Crippen LogP contribution in [0.25, 0.3) is 0 Å². The average molecular weight is 394 g/mol. The first-order valence-electron chi connectivity index (χ1n) is 7.17. The molecular weight excluding hydrogens is 380 g/mol. The third-order valence-electron chi connectivity index (χ3n) is 3.67. The predicted octanol–water partition coefficient (Wildman–Crippen LogP) is 4.02. The standard InChI is InChI=1S/C17H14BrClN2O2/c18-12-2-7-15-11(9-12)1-8-17(23)21(15)10-16(22)20-14-5-3-13(19)4-6-14/h2-7,9H,1,8,10H2,(H,20,22). The van der Waals surface area contributed by atoms with Gasteiger partial charge in [-0.3, -0.25) is 9.59 Å². The van der Waals surface area contributed by atoms with Crippen LogP contribution in [-0.2, 0) is 16.0 Å². The fraction of sp³-hybridized carbons (Fsp3) is 0.176. The number of rotatable bonds is 3. The maximum atomic E-state index is 12.2. The third-order valence-corrected chi connectivity index (χ3v) is 4.42. The summed E-state index contributed by atoms with van der Waals surface area (Å²) in [5.41, 5.74) is 2.52. The lowest BCUT2D eigenvalue weighted by Gasteiger charge is -2.29. The smallest absolute Gasteiger partial charge is 0.244 e. The molecule has 0 saturated heterocycles. The van der Waals surface area contributed by atoms with Crippen LogP contribution in [0.15, 0.2) is 46.9 Å². The van der Waals surface area contributed by atoms with E-state index in [1.165, 1.54) is 4.90 Å². The first-order chi connectivity index (χ1) is 11.0. The lowest BCUT2D eigenvalue weighted by Crippen LogP contribution is -2.40. The van der Waals surface area contributed by atoms with E-state index in [1.807, 2.05) is 18.2 Å². The molecule has 0 spiro atoms. The van der Waals surface area contributed by atoms with Crippen molar-refractivity contribution in [3.63, 3.8) is 0 Å². The van der Waals surface area contributed by atoms with Crippen molar-refractivity contribution >= 4 is 50.7 Å². The molecule has 0 aromatic heterocycles. The summed E-state index contributed by atoms with van der Waals surface area (Å²) >= 11 is 9.26. The molecule has 0 radical (unpaired) electrons. The van der Waals surface area contributed by atoms with Gasteiger partial charge in [-0.05, 0) is 54.4 Å². The lowest BCUT2D eigenvalue weighted by molar-refractivity contribution is -0.121. The number of anilines is 2. The molecule has 0 atom stereocenters. The summed E-state index contributed by atoms with van der Waals surface area (Å²) < 4.78 is 0.969. The fourth-order valence-corrected chi connectivity index (χ4v) is 3.11. The summed E-state index contributed by atoms with van der Waals surface area (Å²) in [7, 11) is 0. The van der Waals surface area contributed by atoms with Crippen molar-refractivity contribution in [3.8, 4) is 0 Å². The largest absolute Gasteiger partial charge is 0.325 e. The highest BCUT2D eigenvalue weighted by molar-refractivity contribution is 9.10. The van der Waals surface area contributed by atoms with E-state index in [-0.39, 0.29) is 18.4 Å². The Morgan fingerprint density at radius 3 is 2.65 bits per heavy atom. The lowest BCUT2D eigenvalue weighted by atomic mass is 10.0. The SMILES string of the molecule is O=C(CN1C(=O)CCc2cc(Br)ccc21)Nc1ccc(Cl)cc1. The molecule has 2 amide bonds. The second-order valence-corrected chi connectivity index (χ2v) is 6.66. The molecule has 1 aliphatic rings. The minimum atomic E-state index is -0.239. The van der Waals surface area contributed by atoms with Crippen LogP contribution in [0.5, 0.6) is 0 Å². The topological polar surface area (TPSA) is 49.4 Å². The number of fused-ring (bicyclic) bond motifs is 1. The monoisotopic (exact) mass is 392 g/mol. The summed E-state index contributed by atoms with van der Waals surface area (Å²) in [6.07, 6.45) is 1.11. The minimum absolute atomic E-state index is 0.00388. The average Bonchev–Trinajstić information content (AvgIpc) is 2.52. The molecule has 4 nitrogen and oxygen atoms in total. The first kappa shape index (κ1) is 16.0. The number of amides is 2. The Morgan fingerprint density at radius 2 is 1.91 bits per heavy atom.